The van der Waals surface area contributed by atoms with Crippen LogP contribution in [0.3, 0.4) is 0 Å². The molecule has 0 aliphatic carbocycles. The van der Waals surface area contributed by atoms with Crippen molar-refractivity contribution >= 4 is 11.6 Å². The number of aryl methyl sites for hydroxylation is 1. The average Bonchev–Trinajstić information content (AvgIpc) is 2.82. The molecule has 0 N–H and O–H groups in total. The summed E-state index contributed by atoms with van der Waals surface area (Å²) in [6, 6.07) is 2.01. The predicted molar refractivity (Wildman–Crippen MR) is 72.4 cm³/mol. The highest BCUT2D eigenvalue weighted by Gasteiger charge is 2.12. The zero-order valence-electron chi connectivity index (χ0n) is 11.1. The smallest absolute Gasteiger partial charge is 0.161 e. The Labute approximate surface area is 112 Å². The maximum absolute atomic E-state index is 6.12. The molecular weight excluding hydrogens is 248 g/mol. The van der Waals surface area contributed by atoms with E-state index in [2.05, 4.69) is 28.9 Å². The summed E-state index contributed by atoms with van der Waals surface area (Å²) in [6.07, 6.45) is 2.67. The Hall–Kier alpha value is -1.42. The first-order chi connectivity index (χ1) is 8.52. The van der Waals surface area contributed by atoms with Gasteiger partial charge in [0.1, 0.15) is 11.0 Å². The van der Waals surface area contributed by atoms with Crippen molar-refractivity contribution in [2.24, 2.45) is 0 Å². The third-order valence-electron chi connectivity index (χ3n) is 2.84. The maximum Gasteiger partial charge on any atom is 0.161 e. The molecule has 0 aliphatic heterocycles. The van der Waals surface area contributed by atoms with Gasteiger partial charge in [-0.2, -0.15) is 5.10 Å². The van der Waals surface area contributed by atoms with Crippen LogP contribution in [-0.4, -0.2) is 19.7 Å². The first-order valence-corrected chi connectivity index (χ1v) is 6.49. The number of nitrogens with zero attached hydrogens (tertiary/aromatic N) is 4. The molecule has 0 atom stereocenters. The molecule has 18 heavy (non-hydrogen) atoms. The Morgan fingerprint density at radius 1 is 1.33 bits per heavy atom. The molecule has 2 aromatic heterocycles. The van der Waals surface area contributed by atoms with Crippen LogP contribution in [0.4, 0.5) is 0 Å². The minimum atomic E-state index is 0.398. The Morgan fingerprint density at radius 3 is 2.61 bits per heavy atom. The van der Waals surface area contributed by atoms with Crippen LogP contribution in [0.25, 0.3) is 5.82 Å². The van der Waals surface area contributed by atoms with E-state index in [1.165, 1.54) is 0 Å². The lowest BCUT2D eigenvalue weighted by molar-refractivity contribution is 0.744. The van der Waals surface area contributed by atoms with Crippen molar-refractivity contribution in [1.82, 2.24) is 19.7 Å². The zero-order valence-corrected chi connectivity index (χ0v) is 11.9. The molecule has 0 bridgehead atoms. The Balaban J connectivity index is 2.51. The number of rotatable bonds is 3. The fourth-order valence-electron chi connectivity index (χ4n) is 1.67. The summed E-state index contributed by atoms with van der Waals surface area (Å²) < 4.78 is 1.78. The summed E-state index contributed by atoms with van der Waals surface area (Å²) >= 11 is 6.12. The van der Waals surface area contributed by atoms with Crippen LogP contribution in [0.5, 0.6) is 0 Å². The van der Waals surface area contributed by atoms with Crippen LogP contribution >= 0.6 is 11.6 Å². The van der Waals surface area contributed by atoms with Crippen LogP contribution < -0.4 is 0 Å². The minimum Gasteiger partial charge on any atom is -0.222 e. The lowest BCUT2D eigenvalue weighted by atomic mass is 10.1. The SMILES string of the molecule is CCc1nc(Cl)c(C)c(-n2ccc(C(C)C)n2)n1. The molecule has 4 nitrogen and oxygen atoms in total. The second-order valence-electron chi connectivity index (χ2n) is 4.57. The number of halogens is 1. The van der Waals surface area contributed by atoms with Gasteiger partial charge in [-0.15, -0.1) is 0 Å². The van der Waals surface area contributed by atoms with Gasteiger partial charge in [-0.05, 0) is 18.9 Å². The fourth-order valence-corrected chi connectivity index (χ4v) is 1.85. The minimum absolute atomic E-state index is 0.398. The van der Waals surface area contributed by atoms with Gasteiger partial charge in [-0.3, -0.25) is 0 Å². The number of hydrogen-bond donors (Lipinski definition) is 0. The van der Waals surface area contributed by atoms with Crippen LogP contribution in [0, 0.1) is 6.92 Å². The van der Waals surface area contributed by atoms with Gasteiger partial charge in [0, 0.05) is 18.2 Å². The Bertz CT molecular complexity index is 560. The van der Waals surface area contributed by atoms with Crippen LogP contribution in [0.2, 0.25) is 5.15 Å². The normalized spacial score (nSPS) is 11.2. The van der Waals surface area contributed by atoms with Gasteiger partial charge in [-0.25, -0.2) is 14.6 Å². The van der Waals surface area contributed by atoms with E-state index in [1.807, 2.05) is 26.1 Å². The molecule has 2 aromatic rings. The van der Waals surface area contributed by atoms with E-state index in [-0.39, 0.29) is 0 Å². The molecule has 0 amide bonds. The van der Waals surface area contributed by atoms with Gasteiger partial charge < -0.3 is 0 Å². The standard InChI is InChI=1S/C13H17ClN4/c1-5-11-15-12(14)9(4)13(16-11)18-7-6-10(17-18)8(2)3/h6-8H,5H2,1-4H3. The van der Waals surface area contributed by atoms with Crippen molar-refractivity contribution < 1.29 is 0 Å². The highest BCUT2D eigenvalue weighted by atomic mass is 35.5. The predicted octanol–water partition coefficient (Wildman–Crippen LogP) is 3.31. The van der Waals surface area contributed by atoms with Crippen LogP contribution in [0.15, 0.2) is 12.3 Å². The van der Waals surface area contributed by atoms with Crippen molar-refractivity contribution in [1.29, 1.82) is 0 Å². The zero-order chi connectivity index (χ0) is 13.3. The summed E-state index contributed by atoms with van der Waals surface area (Å²) in [7, 11) is 0. The van der Waals surface area contributed by atoms with Gasteiger partial charge in [0.25, 0.3) is 0 Å². The molecule has 5 heteroatoms. The van der Waals surface area contributed by atoms with E-state index in [0.717, 1.165) is 29.3 Å². The monoisotopic (exact) mass is 264 g/mol. The Morgan fingerprint density at radius 2 is 2.06 bits per heavy atom. The van der Waals surface area contributed by atoms with Gasteiger partial charge in [0.15, 0.2) is 5.82 Å². The Kier molecular flexibility index (Phi) is 3.66. The van der Waals surface area contributed by atoms with Gasteiger partial charge in [0.2, 0.25) is 0 Å². The van der Waals surface area contributed by atoms with Gasteiger partial charge >= 0.3 is 0 Å². The third kappa shape index (κ3) is 2.38. The van der Waals surface area contributed by atoms with Crippen molar-refractivity contribution in [2.75, 3.05) is 0 Å². The summed E-state index contributed by atoms with van der Waals surface area (Å²) in [4.78, 5) is 8.73. The molecule has 0 unspecified atom stereocenters. The van der Waals surface area contributed by atoms with E-state index < -0.39 is 0 Å². The summed E-state index contributed by atoms with van der Waals surface area (Å²) in [5, 5.41) is 5.02. The van der Waals surface area contributed by atoms with E-state index in [1.54, 1.807) is 4.68 Å². The number of aromatic nitrogens is 4. The van der Waals surface area contributed by atoms with Crippen LogP contribution in [0.1, 0.15) is 43.8 Å². The molecule has 96 valence electrons. The molecule has 0 radical (unpaired) electrons. The first-order valence-electron chi connectivity index (χ1n) is 6.11. The molecule has 2 heterocycles. The number of hydrogen-bond acceptors (Lipinski definition) is 3. The van der Waals surface area contributed by atoms with Gasteiger partial charge in [0.05, 0.1) is 5.69 Å². The molecule has 0 spiro atoms. The van der Waals surface area contributed by atoms with Gasteiger partial charge in [-0.1, -0.05) is 32.4 Å². The fraction of sp³-hybridized carbons (Fsp3) is 0.462. The average molecular weight is 265 g/mol. The molecule has 0 fully saturated rings. The highest BCUT2D eigenvalue weighted by Crippen LogP contribution is 2.20. The first kappa shape index (κ1) is 13.0. The van der Waals surface area contributed by atoms with E-state index in [0.29, 0.717) is 11.1 Å². The lowest BCUT2D eigenvalue weighted by Crippen LogP contribution is -2.07. The summed E-state index contributed by atoms with van der Waals surface area (Å²) in [5.41, 5.74) is 1.90. The lowest BCUT2D eigenvalue weighted by Gasteiger charge is -2.08. The molecule has 0 saturated carbocycles. The van der Waals surface area contributed by atoms with Crippen molar-refractivity contribution in [3.05, 3.63) is 34.5 Å². The van der Waals surface area contributed by atoms with E-state index >= 15 is 0 Å². The second-order valence-corrected chi connectivity index (χ2v) is 4.93. The van der Waals surface area contributed by atoms with Crippen molar-refractivity contribution in [3.8, 4) is 5.82 Å². The topological polar surface area (TPSA) is 43.6 Å². The molecular formula is C13H17ClN4. The maximum atomic E-state index is 6.12. The molecule has 0 saturated heterocycles. The molecule has 0 aliphatic rings. The van der Waals surface area contributed by atoms with E-state index in [4.69, 9.17) is 11.6 Å². The third-order valence-corrected chi connectivity index (χ3v) is 3.21. The summed E-state index contributed by atoms with van der Waals surface area (Å²) in [5.74, 6) is 1.90. The van der Waals surface area contributed by atoms with Crippen LogP contribution in [-0.2, 0) is 6.42 Å². The molecule has 2 rings (SSSR count). The second kappa shape index (κ2) is 5.06. The largest absolute Gasteiger partial charge is 0.222 e. The molecule has 0 aromatic carbocycles. The quantitative estimate of drug-likeness (QED) is 0.799. The van der Waals surface area contributed by atoms with Crippen molar-refractivity contribution in [3.63, 3.8) is 0 Å². The van der Waals surface area contributed by atoms with Crippen molar-refractivity contribution in [2.45, 2.75) is 40.0 Å². The summed E-state index contributed by atoms with van der Waals surface area (Å²) in [6.45, 7) is 8.15. The van der Waals surface area contributed by atoms with E-state index in [9.17, 15) is 0 Å². The highest BCUT2D eigenvalue weighted by molar-refractivity contribution is 6.30.